The Morgan fingerprint density at radius 3 is 2.50 bits per heavy atom. The molecule has 24 heavy (non-hydrogen) atoms. The molecule has 0 saturated heterocycles. The van der Waals surface area contributed by atoms with E-state index < -0.39 is 54.6 Å². The standard InChI is InChI=1S/C12H21N5O7/c1-4(19)15-8-5(16-12(13)17-14)2-7(11(22)23)24-10(8)9(21)6(20)3-18/h2,5-6,8-10,18,20-21H,3,14H2,1H3,(H,15,19)(H,22,23)(H3,13,16,17)/t5-,6+,8+,9+,10+/m0/s1. The zero-order valence-electron chi connectivity index (χ0n) is 12.8. The van der Waals surface area contributed by atoms with Gasteiger partial charge in [-0.15, -0.1) is 5.10 Å². The largest absolute Gasteiger partial charge is 0.478 e. The second-order valence-electron chi connectivity index (χ2n) is 5.07. The molecule has 0 spiro atoms. The lowest BCUT2D eigenvalue weighted by Crippen LogP contribution is -2.64. The van der Waals surface area contributed by atoms with Gasteiger partial charge in [0.15, 0.2) is 0 Å². The van der Waals surface area contributed by atoms with Gasteiger partial charge in [-0.05, 0) is 6.08 Å². The lowest BCUT2D eigenvalue weighted by Gasteiger charge is -2.40. The molecule has 10 N–H and O–H groups in total. The Labute approximate surface area is 136 Å². The second-order valence-corrected chi connectivity index (χ2v) is 5.07. The fourth-order valence-corrected chi connectivity index (χ4v) is 2.21. The molecule has 0 saturated carbocycles. The molecule has 0 aromatic heterocycles. The summed E-state index contributed by atoms with van der Waals surface area (Å²) in [4.78, 5) is 22.6. The van der Waals surface area contributed by atoms with Crippen molar-refractivity contribution >= 4 is 17.8 Å². The van der Waals surface area contributed by atoms with Crippen molar-refractivity contribution < 1.29 is 34.8 Å². The van der Waals surface area contributed by atoms with Crippen molar-refractivity contribution in [2.75, 3.05) is 6.61 Å². The summed E-state index contributed by atoms with van der Waals surface area (Å²) in [5, 5.41) is 46.0. The molecule has 0 radical (unpaired) electrons. The number of carboxylic acid groups (broad SMARTS) is 1. The highest BCUT2D eigenvalue weighted by atomic mass is 16.5. The third kappa shape index (κ3) is 4.71. The van der Waals surface area contributed by atoms with Crippen molar-refractivity contribution in [1.82, 2.24) is 10.6 Å². The van der Waals surface area contributed by atoms with Gasteiger partial charge in [-0.2, -0.15) is 0 Å². The number of nitrogens with two attached hydrogens (primary N) is 2. The first-order valence-corrected chi connectivity index (χ1v) is 6.87. The molecule has 0 bridgehead atoms. The molecule has 12 heteroatoms. The zero-order valence-corrected chi connectivity index (χ0v) is 12.8. The van der Waals surface area contributed by atoms with Crippen molar-refractivity contribution in [3.63, 3.8) is 0 Å². The van der Waals surface area contributed by atoms with Crippen LogP contribution in [0.15, 0.2) is 16.9 Å². The summed E-state index contributed by atoms with van der Waals surface area (Å²) in [5.74, 6) is 2.26. The molecule has 1 aliphatic rings. The predicted molar refractivity (Wildman–Crippen MR) is 80.0 cm³/mol. The summed E-state index contributed by atoms with van der Waals surface area (Å²) >= 11 is 0. The number of rotatable bonds is 6. The minimum absolute atomic E-state index is 0.255. The highest BCUT2D eigenvalue weighted by Crippen LogP contribution is 2.23. The van der Waals surface area contributed by atoms with Crippen molar-refractivity contribution in [2.24, 2.45) is 16.7 Å². The summed E-state index contributed by atoms with van der Waals surface area (Å²) in [6.45, 7) is 0.393. The monoisotopic (exact) mass is 347 g/mol. The Morgan fingerprint density at radius 2 is 2.04 bits per heavy atom. The van der Waals surface area contributed by atoms with Gasteiger partial charge in [0, 0.05) is 6.92 Å². The van der Waals surface area contributed by atoms with E-state index >= 15 is 0 Å². The summed E-state index contributed by atoms with van der Waals surface area (Å²) in [7, 11) is 0. The molecular formula is C12H21N5O7. The molecule has 1 aliphatic heterocycles. The second kappa shape index (κ2) is 8.33. The summed E-state index contributed by atoms with van der Waals surface area (Å²) in [6.07, 6.45) is -3.61. The Kier molecular flexibility index (Phi) is 6.76. The molecule has 0 unspecified atom stereocenters. The molecule has 1 rings (SSSR count). The van der Waals surface area contributed by atoms with E-state index in [1.807, 2.05) is 0 Å². The Hall–Kier alpha value is -2.57. The van der Waals surface area contributed by atoms with Crippen LogP contribution in [0.3, 0.4) is 0 Å². The summed E-state index contributed by atoms with van der Waals surface area (Å²) < 4.78 is 5.17. The average Bonchev–Trinajstić information content (AvgIpc) is 2.53. The number of ether oxygens (including phenoxy) is 1. The summed E-state index contributed by atoms with van der Waals surface area (Å²) in [6, 6.07) is -2.01. The Balaban J connectivity index is 3.25. The molecular weight excluding hydrogens is 326 g/mol. The Bertz CT molecular complexity index is 538. The number of carbonyl (C=O) groups excluding carboxylic acids is 1. The molecule has 1 heterocycles. The quantitative estimate of drug-likeness (QED) is 0.100. The average molecular weight is 347 g/mol. The zero-order chi connectivity index (χ0) is 18.4. The molecule has 1 amide bonds. The smallest absolute Gasteiger partial charge is 0.370 e. The maximum absolute atomic E-state index is 11.4. The molecule has 5 atom stereocenters. The van der Waals surface area contributed by atoms with Crippen molar-refractivity contribution in [3.8, 4) is 0 Å². The van der Waals surface area contributed by atoms with E-state index in [2.05, 4.69) is 15.7 Å². The van der Waals surface area contributed by atoms with Gasteiger partial charge in [0.1, 0.15) is 18.3 Å². The number of carbonyl (C=O) groups is 2. The number of hydrazone groups is 1. The number of guanidine groups is 1. The molecule has 0 aromatic carbocycles. The number of aliphatic hydroxyl groups excluding tert-OH is 3. The molecule has 0 aliphatic carbocycles. The maximum atomic E-state index is 11.4. The lowest BCUT2D eigenvalue weighted by molar-refractivity contribution is -0.146. The van der Waals surface area contributed by atoms with Crippen LogP contribution >= 0.6 is 0 Å². The summed E-state index contributed by atoms with van der Waals surface area (Å²) in [5.41, 5.74) is 5.46. The minimum Gasteiger partial charge on any atom is -0.478 e. The number of hydrogen-bond donors (Lipinski definition) is 8. The first-order chi connectivity index (χ1) is 11.2. The van der Waals surface area contributed by atoms with Crippen LogP contribution in [0.1, 0.15) is 6.92 Å². The first kappa shape index (κ1) is 19.5. The van der Waals surface area contributed by atoms with Crippen LogP contribution in [0, 0.1) is 0 Å². The SMILES string of the molecule is CC(=O)N[C@H]1[C@H]([C@H](O)[C@H](O)CO)OC(C(=O)O)=C[C@@H]1N/C(N)=N\N. The van der Waals surface area contributed by atoms with Gasteiger partial charge in [-0.1, -0.05) is 0 Å². The van der Waals surface area contributed by atoms with Crippen LogP contribution in [-0.4, -0.2) is 75.3 Å². The minimum atomic E-state index is -1.70. The topological polar surface area (TPSA) is 213 Å². The van der Waals surface area contributed by atoms with E-state index in [0.717, 1.165) is 6.08 Å². The maximum Gasteiger partial charge on any atom is 0.370 e. The van der Waals surface area contributed by atoms with Gasteiger partial charge < -0.3 is 47.4 Å². The van der Waals surface area contributed by atoms with E-state index in [0.29, 0.717) is 0 Å². The van der Waals surface area contributed by atoms with Crippen molar-refractivity contribution in [1.29, 1.82) is 0 Å². The number of nitrogens with one attached hydrogen (secondary N) is 2. The van der Waals surface area contributed by atoms with E-state index in [-0.39, 0.29) is 5.96 Å². The van der Waals surface area contributed by atoms with Gasteiger partial charge >= 0.3 is 5.97 Å². The van der Waals surface area contributed by atoms with Crippen LogP contribution in [0.2, 0.25) is 0 Å². The molecule has 0 aromatic rings. The molecule has 136 valence electrons. The van der Waals surface area contributed by atoms with Crippen LogP contribution in [0.5, 0.6) is 0 Å². The number of carboxylic acids is 1. The fraction of sp³-hybridized carbons (Fsp3) is 0.583. The van der Waals surface area contributed by atoms with Gasteiger partial charge in [-0.25, -0.2) is 4.79 Å². The molecule has 12 nitrogen and oxygen atoms in total. The van der Waals surface area contributed by atoms with E-state index in [1.165, 1.54) is 6.92 Å². The van der Waals surface area contributed by atoms with E-state index in [9.17, 15) is 19.8 Å². The van der Waals surface area contributed by atoms with Crippen LogP contribution in [0.25, 0.3) is 0 Å². The van der Waals surface area contributed by atoms with Crippen LogP contribution < -0.4 is 22.2 Å². The lowest BCUT2D eigenvalue weighted by atomic mass is 9.92. The normalized spacial score (nSPS) is 26.6. The van der Waals surface area contributed by atoms with Gasteiger partial charge in [-0.3, -0.25) is 4.79 Å². The van der Waals surface area contributed by atoms with Crippen LogP contribution in [0.4, 0.5) is 0 Å². The van der Waals surface area contributed by atoms with Crippen LogP contribution in [-0.2, 0) is 14.3 Å². The van der Waals surface area contributed by atoms with Gasteiger partial charge in [0.2, 0.25) is 17.6 Å². The number of hydrogen-bond acceptors (Lipinski definition) is 8. The fourth-order valence-electron chi connectivity index (χ4n) is 2.21. The number of aliphatic hydroxyl groups is 3. The van der Waals surface area contributed by atoms with Crippen molar-refractivity contribution in [3.05, 3.63) is 11.8 Å². The molecule has 0 fully saturated rings. The third-order valence-electron chi connectivity index (χ3n) is 3.29. The van der Waals surface area contributed by atoms with Crippen molar-refractivity contribution in [2.45, 2.75) is 37.3 Å². The predicted octanol–water partition coefficient (Wildman–Crippen LogP) is -4.28. The number of nitrogens with zero attached hydrogens (tertiary/aromatic N) is 1. The van der Waals surface area contributed by atoms with E-state index in [1.54, 1.807) is 0 Å². The highest BCUT2D eigenvalue weighted by Gasteiger charge is 2.43. The van der Waals surface area contributed by atoms with E-state index in [4.69, 9.17) is 26.5 Å². The third-order valence-corrected chi connectivity index (χ3v) is 3.29. The highest BCUT2D eigenvalue weighted by molar-refractivity contribution is 5.85. The van der Waals surface area contributed by atoms with Gasteiger partial charge in [0.05, 0.1) is 18.7 Å². The van der Waals surface area contributed by atoms with Gasteiger partial charge in [0.25, 0.3) is 0 Å². The number of amides is 1. The number of aliphatic carboxylic acids is 1. The Morgan fingerprint density at radius 1 is 1.42 bits per heavy atom. The first-order valence-electron chi connectivity index (χ1n) is 6.87.